The van der Waals surface area contributed by atoms with Gasteiger partial charge in [0.1, 0.15) is 0 Å². The molecule has 76 valence electrons. The van der Waals surface area contributed by atoms with Crippen LogP contribution in [0.2, 0.25) is 0 Å². The van der Waals surface area contributed by atoms with Crippen LogP contribution in [-0.2, 0) is 14.3 Å². The number of ether oxygens (including phenoxy) is 2. The summed E-state index contributed by atoms with van der Waals surface area (Å²) in [6.07, 6.45) is 2.05. The summed E-state index contributed by atoms with van der Waals surface area (Å²) >= 11 is 0. The minimum absolute atomic E-state index is 0.509. The van der Waals surface area contributed by atoms with E-state index in [0.29, 0.717) is 13.1 Å². The maximum Gasteiger partial charge on any atom is 0.293 e. The minimum Gasteiger partial charge on any atom is -0.468 e. The molecule has 4 heteroatoms. The molecule has 0 saturated carbocycles. The summed E-state index contributed by atoms with van der Waals surface area (Å²) in [5, 5.41) is 0. The lowest BCUT2D eigenvalue weighted by atomic mass is 10.3. The van der Waals surface area contributed by atoms with Gasteiger partial charge < -0.3 is 9.47 Å². The zero-order chi connectivity index (χ0) is 9.36. The van der Waals surface area contributed by atoms with E-state index in [9.17, 15) is 4.79 Å². The molecule has 1 aliphatic heterocycles. The minimum atomic E-state index is 0.509. The van der Waals surface area contributed by atoms with Crippen LogP contribution in [-0.4, -0.2) is 50.8 Å². The van der Waals surface area contributed by atoms with Crippen LogP contribution in [0.5, 0.6) is 0 Å². The van der Waals surface area contributed by atoms with Crippen molar-refractivity contribution in [2.75, 3.05) is 39.5 Å². The number of hydrogen-bond acceptors (Lipinski definition) is 4. The molecule has 13 heavy (non-hydrogen) atoms. The van der Waals surface area contributed by atoms with Gasteiger partial charge in [0.2, 0.25) is 0 Å². The van der Waals surface area contributed by atoms with Crippen molar-refractivity contribution < 1.29 is 14.3 Å². The molecule has 4 nitrogen and oxygen atoms in total. The molecule has 0 unspecified atom stereocenters. The maximum atomic E-state index is 9.82. The van der Waals surface area contributed by atoms with Crippen molar-refractivity contribution in [3.8, 4) is 0 Å². The Morgan fingerprint density at radius 1 is 1.31 bits per heavy atom. The van der Waals surface area contributed by atoms with Gasteiger partial charge in [0.15, 0.2) is 0 Å². The summed E-state index contributed by atoms with van der Waals surface area (Å²) in [6.45, 7) is 5.92. The first-order valence-electron chi connectivity index (χ1n) is 4.79. The van der Waals surface area contributed by atoms with E-state index in [1.54, 1.807) is 0 Å². The van der Waals surface area contributed by atoms with Gasteiger partial charge in [-0.15, -0.1) is 0 Å². The fourth-order valence-corrected chi connectivity index (χ4v) is 1.39. The van der Waals surface area contributed by atoms with Gasteiger partial charge in [0, 0.05) is 13.1 Å². The predicted molar refractivity (Wildman–Crippen MR) is 48.5 cm³/mol. The molecule has 0 bridgehead atoms. The molecule has 0 aromatic heterocycles. The molecule has 1 saturated heterocycles. The van der Waals surface area contributed by atoms with Crippen molar-refractivity contribution in [2.24, 2.45) is 0 Å². The molecule has 0 N–H and O–H groups in total. The molecule has 0 aromatic carbocycles. The SMILES string of the molecule is O=COCCCCN1CCOCC1. The molecule has 0 atom stereocenters. The predicted octanol–water partition coefficient (Wildman–Crippen LogP) is 0.272. The number of carbonyl (C=O) groups is 1. The van der Waals surface area contributed by atoms with Gasteiger partial charge in [-0.3, -0.25) is 9.69 Å². The number of carbonyl (C=O) groups excluding carboxylic acids is 1. The highest BCUT2D eigenvalue weighted by atomic mass is 16.5. The molecule has 0 radical (unpaired) electrons. The van der Waals surface area contributed by atoms with Crippen molar-refractivity contribution in [2.45, 2.75) is 12.8 Å². The van der Waals surface area contributed by atoms with Crippen LogP contribution in [0, 0.1) is 0 Å². The molecular weight excluding hydrogens is 170 g/mol. The Kier molecular flexibility index (Phi) is 5.52. The first kappa shape index (κ1) is 10.5. The normalized spacial score (nSPS) is 18.5. The number of hydrogen-bond donors (Lipinski definition) is 0. The lowest BCUT2D eigenvalue weighted by molar-refractivity contribution is -0.128. The number of unbranched alkanes of at least 4 members (excludes halogenated alkanes) is 1. The van der Waals surface area contributed by atoms with Gasteiger partial charge in [-0.25, -0.2) is 0 Å². The van der Waals surface area contributed by atoms with Crippen molar-refractivity contribution in [3.63, 3.8) is 0 Å². The Bertz CT molecular complexity index is 135. The number of morpholine rings is 1. The Morgan fingerprint density at radius 3 is 2.77 bits per heavy atom. The summed E-state index contributed by atoms with van der Waals surface area (Å²) in [5.41, 5.74) is 0. The largest absolute Gasteiger partial charge is 0.468 e. The highest BCUT2D eigenvalue weighted by molar-refractivity contribution is 5.36. The molecule has 0 spiro atoms. The summed E-state index contributed by atoms with van der Waals surface area (Å²) < 4.78 is 9.83. The summed E-state index contributed by atoms with van der Waals surface area (Å²) in [4.78, 5) is 12.2. The van der Waals surface area contributed by atoms with Crippen LogP contribution in [0.25, 0.3) is 0 Å². The van der Waals surface area contributed by atoms with Crippen LogP contribution in [0.4, 0.5) is 0 Å². The number of rotatable bonds is 6. The Hall–Kier alpha value is -0.610. The van der Waals surface area contributed by atoms with Crippen LogP contribution >= 0.6 is 0 Å². The van der Waals surface area contributed by atoms with Crippen LogP contribution in [0.1, 0.15) is 12.8 Å². The van der Waals surface area contributed by atoms with Gasteiger partial charge in [0.05, 0.1) is 19.8 Å². The monoisotopic (exact) mass is 187 g/mol. The van der Waals surface area contributed by atoms with Crippen LogP contribution < -0.4 is 0 Å². The highest BCUT2D eigenvalue weighted by Gasteiger charge is 2.08. The molecule has 0 aromatic rings. The molecule has 1 heterocycles. The Balaban J connectivity index is 1.89. The zero-order valence-electron chi connectivity index (χ0n) is 7.91. The van der Waals surface area contributed by atoms with E-state index in [-0.39, 0.29) is 0 Å². The average molecular weight is 187 g/mol. The van der Waals surface area contributed by atoms with E-state index in [1.807, 2.05) is 0 Å². The van der Waals surface area contributed by atoms with Crippen LogP contribution in [0.3, 0.4) is 0 Å². The fraction of sp³-hybridized carbons (Fsp3) is 0.889. The van der Waals surface area contributed by atoms with E-state index < -0.39 is 0 Å². The lowest BCUT2D eigenvalue weighted by Gasteiger charge is -2.26. The van der Waals surface area contributed by atoms with E-state index >= 15 is 0 Å². The first-order chi connectivity index (χ1) is 6.43. The second-order valence-corrected chi connectivity index (χ2v) is 3.13. The molecule has 1 rings (SSSR count). The van der Waals surface area contributed by atoms with Gasteiger partial charge in [-0.05, 0) is 19.4 Å². The van der Waals surface area contributed by atoms with Gasteiger partial charge in [-0.2, -0.15) is 0 Å². The Labute approximate surface area is 78.8 Å². The second-order valence-electron chi connectivity index (χ2n) is 3.13. The number of nitrogens with zero attached hydrogens (tertiary/aromatic N) is 1. The maximum absolute atomic E-state index is 9.82. The highest BCUT2D eigenvalue weighted by Crippen LogP contribution is 1.99. The first-order valence-corrected chi connectivity index (χ1v) is 4.79. The van der Waals surface area contributed by atoms with E-state index in [1.165, 1.54) is 0 Å². The topological polar surface area (TPSA) is 38.8 Å². The van der Waals surface area contributed by atoms with Gasteiger partial charge >= 0.3 is 0 Å². The smallest absolute Gasteiger partial charge is 0.293 e. The molecule has 0 amide bonds. The summed E-state index contributed by atoms with van der Waals surface area (Å²) in [6, 6.07) is 0. The molecule has 1 fully saturated rings. The third kappa shape index (κ3) is 4.85. The molecule has 0 aliphatic carbocycles. The second kappa shape index (κ2) is 6.86. The van der Waals surface area contributed by atoms with E-state index in [0.717, 1.165) is 45.7 Å². The van der Waals surface area contributed by atoms with E-state index in [2.05, 4.69) is 9.64 Å². The lowest BCUT2D eigenvalue weighted by Crippen LogP contribution is -2.36. The van der Waals surface area contributed by atoms with Crippen molar-refractivity contribution in [1.82, 2.24) is 4.90 Å². The van der Waals surface area contributed by atoms with Crippen molar-refractivity contribution in [1.29, 1.82) is 0 Å². The average Bonchev–Trinajstić information content (AvgIpc) is 2.19. The quantitative estimate of drug-likeness (QED) is 0.442. The van der Waals surface area contributed by atoms with Crippen LogP contribution in [0.15, 0.2) is 0 Å². The zero-order valence-corrected chi connectivity index (χ0v) is 7.91. The summed E-state index contributed by atoms with van der Waals surface area (Å²) in [7, 11) is 0. The van der Waals surface area contributed by atoms with Gasteiger partial charge in [0.25, 0.3) is 6.47 Å². The third-order valence-corrected chi connectivity index (χ3v) is 2.16. The Morgan fingerprint density at radius 2 is 2.08 bits per heavy atom. The fourth-order valence-electron chi connectivity index (χ4n) is 1.39. The standard InChI is InChI=1S/C9H17NO3/c11-9-13-6-2-1-3-10-4-7-12-8-5-10/h9H,1-8H2. The summed E-state index contributed by atoms with van der Waals surface area (Å²) in [5.74, 6) is 0. The van der Waals surface area contributed by atoms with Crippen molar-refractivity contribution in [3.05, 3.63) is 0 Å². The van der Waals surface area contributed by atoms with Crippen molar-refractivity contribution >= 4 is 6.47 Å². The molecule has 1 aliphatic rings. The third-order valence-electron chi connectivity index (χ3n) is 2.16. The molecular formula is C9H17NO3. The van der Waals surface area contributed by atoms with E-state index in [4.69, 9.17) is 4.74 Å². The van der Waals surface area contributed by atoms with Gasteiger partial charge in [-0.1, -0.05) is 0 Å².